The molecule has 3 aromatic carbocycles. The number of carbonyl (C=O) groups excluding carboxylic acids is 3. The molecule has 3 aromatic rings. The van der Waals surface area contributed by atoms with Crippen molar-refractivity contribution in [3.63, 3.8) is 0 Å². The summed E-state index contributed by atoms with van der Waals surface area (Å²) in [5, 5.41) is 26.2. The predicted molar refractivity (Wildman–Crippen MR) is 150 cm³/mol. The first-order valence-corrected chi connectivity index (χ1v) is 13.1. The van der Waals surface area contributed by atoms with Crippen LogP contribution in [0.2, 0.25) is 0 Å². The number of nitro benzene ring substituents is 1. The van der Waals surface area contributed by atoms with Gasteiger partial charge in [-0.15, -0.1) is 0 Å². The molecule has 0 radical (unpaired) electrons. The lowest BCUT2D eigenvalue weighted by atomic mass is 9.88. The van der Waals surface area contributed by atoms with Crippen molar-refractivity contribution >= 4 is 29.6 Å². The van der Waals surface area contributed by atoms with E-state index in [-0.39, 0.29) is 30.9 Å². The van der Waals surface area contributed by atoms with E-state index < -0.39 is 53.3 Å². The number of ether oxygens (including phenoxy) is 2. The molecule has 0 spiro atoms. The number of esters is 1. The van der Waals surface area contributed by atoms with Crippen LogP contribution in [0.25, 0.3) is 0 Å². The van der Waals surface area contributed by atoms with Gasteiger partial charge in [0.1, 0.15) is 18.7 Å². The van der Waals surface area contributed by atoms with Gasteiger partial charge in [-0.2, -0.15) is 0 Å². The van der Waals surface area contributed by atoms with E-state index in [0.717, 1.165) is 5.56 Å². The number of carboxylic acids is 1. The number of carbonyl (C=O) groups is 4. The van der Waals surface area contributed by atoms with Crippen LogP contribution in [-0.2, 0) is 36.9 Å². The van der Waals surface area contributed by atoms with Crippen molar-refractivity contribution in [2.45, 2.75) is 44.4 Å². The quantitative estimate of drug-likeness (QED) is 0.146. The van der Waals surface area contributed by atoms with Gasteiger partial charge in [0, 0.05) is 24.5 Å². The second kappa shape index (κ2) is 15.5. The van der Waals surface area contributed by atoms with Gasteiger partial charge in [0.25, 0.3) is 5.69 Å². The molecule has 0 saturated heterocycles. The summed E-state index contributed by atoms with van der Waals surface area (Å²) in [6.45, 7) is 1.59. The third kappa shape index (κ3) is 9.44. The lowest BCUT2D eigenvalue weighted by molar-refractivity contribution is -0.384. The Morgan fingerprint density at radius 1 is 0.857 bits per heavy atom. The Morgan fingerprint density at radius 3 is 2.00 bits per heavy atom. The number of aliphatic carboxylic acids is 1. The Kier molecular flexibility index (Phi) is 11.5. The first-order valence-electron chi connectivity index (χ1n) is 13.1. The molecule has 12 nitrogen and oxygen atoms in total. The Balaban J connectivity index is 1.85. The molecule has 0 aromatic heterocycles. The number of nitrogens with zero attached hydrogens (tertiary/aromatic N) is 1. The number of hydrogen-bond acceptors (Lipinski definition) is 8. The molecule has 0 saturated carbocycles. The summed E-state index contributed by atoms with van der Waals surface area (Å²) >= 11 is 0. The van der Waals surface area contributed by atoms with E-state index in [0.29, 0.717) is 5.56 Å². The van der Waals surface area contributed by atoms with Crippen LogP contribution in [-0.4, -0.2) is 52.7 Å². The highest BCUT2D eigenvalue weighted by Gasteiger charge is 2.35. The maximum Gasteiger partial charge on any atom is 0.408 e. The van der Waals surface area contributed by atoms with Crippen LogP contribution in [0.4, 0.5) is 10.5 Å². The maximum absolute atomic E-state index is 13.5. The van der Waals surface area contributed by atoms with Gasteiger partial charge < -0.3 is 25.2 Å². The van der Waals surface area contributed by atoms with Crippen molar-refractivity contribution in [2.24, 2.45) is 0 Å². The van der Waals surface area contributed by atoms with E-state index >= 15 is 0 Å². The monoisotopic (exact) mass is 577 g/mol. The number of benzene rings is 3. The Labute approximate surface area is 241 Å². The van der Waals surface area contributed by atoms with Gasteiger partial charge in [-0.05, 0) is 23.6 Å². The lowest BCUT2D eigenvalue weighted by Gasteiger charge is -2.27. The molecule has 0 aliphatic heterocycles. The summed E-state index contributed by atoms with van der Waals surface area (Å²) < 4.78 is 10.3. The zero-order valence-corrected chi connectivity index (χ0v) is 22.8. The predicted octanol–water partition coefficient (Wildman–Crippen LogP) is 3.74. The SMILES string of the molecule is CCOC(=O)C[C@@H](c1ccc([N+](=O)[O-])cc1)[C@H](NC(=O)[C@H](Cc1ccccc1)NC(=O)OCc1ccccc1)C(=O)O. The van der Waals surface area contributed by atoms with Crippen molar-refractivity contribution in [1.29, 1.82) is 0 Å². The number of nitro groups is 1. The normalized spacial score (nSPS) is 12.7. The Bertz CT molecular complexity index is 1370. The average molecular weight is 578 g/mol. The molecule has 3 atom stereocenters. The van der Waals surface area contributed by atoms with Gasteiger partial charge in [-0.25, -0.2) is 9.59 Å². The Morgan fingerprint density at radius 2 is 1.45 bits per heavy atom. The molecule has 42 heavy (non-hydrogen) atoms. The van der Waals surface area contributed by atoms with Crippen molar-refractivity contribution < 1.29 is 38.7 Å². The van der Waals surface area contributed by atoms with E-state index in [2.05, 4.69) is 10.6 Å². The number of amides is 2. The minimum absolute atomic E-state index is 0.0134. The lowest BCUT2D eigenvalue weighted by Crippen LogP contribution is -2.54. The van der Waals surface area contributed by atoms with Crippen LogP contribution in [0.3, 0.4) is 0 Å². The smallest absolute Gasteiger partial charge is 0.408 e. The van der Waals surface area contributed by atoms with Crippen molar-refractivity contribution in [3.05, 3.63) is 112 Å². The molecule has 12 heteroatoms. The van der Waals surface area contributed by atoms with E-state index in [1.807, 2.05) is 6.07 Å². The minimum atomic E-state index is -1.65. The van der Waals surface area contributed by atoms with E-state index in [1.165, 1.54) is 24.3 Å². The fraction of sp³-hybridized carbons (Fsp3) is 0.267. The number of carboxylic acid groups (broad SMARTS) is 1. The first kappa shape index (κ1) is 31.3. The zero-order chi connectivity index (χ0) is 30.5. The number of hydrogen-bond donors (Lipinski definition) is 3. The van der Waals surface area contributed by atoms with Gasteiger partial charge in [-0.1, -0.05) is 72.8 Å². The van der Waals surface area contributed by atoms with Crippen LogP contribution in [0.5, 0.6) is 0 Å². The largest absolute Gasteiger partial charge is 0.480 e. The van der Waals surface area contributed by atoms with Gasteiger partial charge >= 0.3 is 18.0 Å². The molecule has 0 aliphatic carbocycles. The van der Waals surface area contributed by atoms with Crippen LogP contribution >= 0.6 is 0 Å². The molecule has 2 amide bonds. The number of alkyl carbamates (subject to hydrolysis) is 1. The third-order valence-electron chi connectivity index (χ3n) is 6.29. The molecule has 0 aliphatic rings. The van der Waals surface area contributed by atoms with E-state index in [4.69, 9.17) is 9.47 Å². The van der Waals surface area contributed by atoms with Gasteiger partial charge in [-0.3, -0.25) is 19.7 Å². The van der Waals surface area contributed by atoms with Crippen molar-refractivity contribution in [1.82, 2.24) is 10.6 Å². The summed E-state index contributed by atoms with van der Waals surface area (Å²) in [6.07, 6.45) is -1.31. The molecule has 220 valence electrons. The van der Waals surface area contributed by atoms with Crippen LogP contribution in [0.1, 0.15) is 36.0 Å². The molecular weight excluding hydrogens is 546 g/mol. The minimum Gasteiger partial charge on any atom is -0.480 e. The van der Waals surface area contributed by atoms with E-state index in [1.54, 1.807) is 61.5 Å². The molecule has 0 bridgehead atoms. The second-order valence-electron chi connectivity index (χ2n) is 9.24. The average Bonchev–Trinajstić information content (AvgIpc) is 2.98. The van der Waals surface area contributed by atoms with E-state index in [9.17, 15) is 34.4 Å². The molecule has 3 rings (SSSR count). The summed E-state index contributed by atoms with van der Waals surface area (Å²) in [5.41, 5.74) is 1.45. The van der Waals surface area contributed by atoms with Crippen LogP contribution in [0.15, 0.2) is 84.9 Å². The molecule has 0 fully saturated rings. The third-order valence-corrected chi connectivity index (χ3v) is 6.29. The highest BCUT2D eigenvalue weighted by molar-refractivity contribution is 5.90. The maximum atomic E-state index is 13.5. The number of rotatable bonds is 14. The van der Waals surface area contributed by atoms with Crippen molar-refractivity contribution in [2.75, 3.05) is 6.61 Å². The summed E-state index contributed by atoms with van der Waals surface area (Å²) in [7, 11) is 0. The Hall–Kier alpha value is -5.26. The molecule has 0 heterocycles. The fourth-order valence-corrected chi connectivity index (χ4v) is 4.23. The fourth-order valence-electron chi connectivity index (χ4n) is 4.23. The summed E-state index contributed by atoms with van der Waals surface area (Å²) in [5.74, 6) is -4.15. The van der Waals surface area contributed by atoms with Crippen molar-refractivity contribution in [3.8, 4) is 0 Å². The highest BCUT2D eigenvalue weighted by atomic mass is 16.6. The summed E-state index contributed by atoms with van der Waals surface area (Å²) in [4.78, 5) is 61.5. The zero-order valence-electron chi connectivity index (χ0n) is 22.8. The number of nitrogens with one attached hydrogen (secondary N) is 2. The molecule has 3 N–H and O–H groups in total. The van der Waals surface area contributed by atoms with Crippen LogP contribution in [0, 0.1) is 10.1 Å². The standard InChI is InChI=1S/C30H31N3O9/c1-2-41-26(34)18-24(22-13-15-23(16-14-22)33(39)40)27(29(36)37)32-28(35)25(17-20-9-5-3-6-10-20)31-30(38)42-19-21-11-7-4-8-12-21/h3-16,24-25,27H,2,17-19H2,1H3,(H,31,38)(H,32,35)(H,36,37)/t24-,25-,27-/m0/s1. The summed E-state index contributed by atoms with van der Waals surface area (Å²) in [6, 6.07) is 19.8. The highest BCUT2D eigenvalue weighted by Crippen LogP contribution is 2.27. The first-order chi connectivity index (χ1) is 20.2. The van der Waals surface area contributed by atoms with Gasteiger partial charge in [0.05, 0.1) is 18.0 Å². The molecule has 0 unspecified atom stereocenters. The van der Waals surface area contributed by atoms with Gasteiger partial charge in [0.15, 0.2) is 0 Å². The topological polar surface area (TPSA) is 174 Å². The molecular formula is C30H31N3O9. The second-order valence-corrected chi connectivity index (χ2v) is 9.24. The van der Waals surface area contributed by atoms with Gasteiger partial charge in [0.2, 0.25) is 5.91 Å². The van der Waals surface area contributed by atoms with Crippen LogP contribution < -0.4 is 10.6 Å². The number of non-ortho nitro benzene ring substituents is 1.